The van der Waals surface area contributed by atoms with E-state index in [1.165, 1.54) is 23.2 Å². The average Bonchev–Trinajstić information content (AvgIpc) is 3.12. The lowest BCUT2D eigenvalue weighted by Gasteiger charge is -2.14. The normalized spacial score (nSPS) is 11.9. The van der Waals surface area contributed by atoms with Crippen molar-refractivity contribution < 1.29 is 9.21 Å². The van der Waals surface area contributed by atoms with Crippen LogP contribution in [-0.4, -0.2) is 15.5 Å². The first kappa shape index (κ1) is 15.7. The van der Waals surface area contributed by atoms with Crippen LogP contribution in [-0.2, 0) is 11.3 Å². The second-order valence-corrected chi connectivity index (χ2v) is 5.42. The lowest BCUT2D eigenvalue weighted by Crippen LogP contribution is -2.33. The highest BCUT2D eigenvalue weighted by atomic mass is 16.3. The number of rotatable bonds is 5. The maximum atomic E-state index is 12.1. The van der Waals surface area contributed by atoms with Gasteiger partial charge < -0.3 is 9.73 Å². The van der Waals surface area contributed by atoms with Gasteiger partial charge in [-0.05, 0) is 24.6 Å². The molecule has 24 heavy (non-hydrogen) atoms. The highest BCUT2D eigenvalue weighted by Crippen LogP contribution is 2.14. The number of hydrogen-bond acceptors (Lipinski definition) is 4. The molecule has 0 radical (unpaired) electrons. The molecule has 3 rings (SSSR count). The number of carbonyl (C=O) groups is 1. The molecule has 1 atom stereocenters. The van der Waals surface area contributed by atoms with Crippen LogP contribution in [0.2, 0.25) is 0 Å². The second kappa shape index (κ2) is 6.95. The molecule has 0 saturated heterocycles. The summed E-state index contributed by atoms with van der Waals surface area (Å²) in [5.41, 5.74) is 1.14. The van der Waals surface area contributed by atoms with Crippen molar-refractivity contribution in [1.29, 1.82) is 0 Å². The van der Waals surface area contributed by atoms with Gasteiger partial charge in [0.05, 0.1) is 18.6 Å². The minimum Gasteiger partial charge on any atom is -0.463 e. The zero-order chi connectivity index (χ0) is 16.9. The molecule has 0 aliphatic carbocycles. The lowest BCUT2D eigenvalue weighted by atomic mass is 10.1. The molecule has 0 spiro atoms. The van der Waals surface area contributed by atoms with Crippen molar-refractivity contribution in [3.63, 3.8) is 0 Å². The summed E-state index contributed by atoms with van der Waals surface area (Å²) in [4.78, 5) is 28.4. The Morgan fingerprint density at radius 1 is 1.25 bits per heavy atom. The maximum absolute atomic E-state index is 12.1. The molecule has 6 nitrogen and oxygen atoms in total. The number of carbonyl (C=O) groups excluding carboxylic acids is 1. The van der Waals surface area contributed by atoms with Crippen molar-refractivity contribution in [2.45, 2.75) is 19.5 Å². The first-order chi connectivity index (χ1) is 11.6. The third-order valence-corrected chi connectivity index (χ3v) is 3.64. The van der Waals surface area contributed by atoms with Crippen molar-refractivity contribution in [1.82, 2.24) is 14.9 Å². The van der Waals surface area contributed by atoms with Gasteiger partial charge in [-0.15, -0.1) is 0 Å². The Kier molecular flexibility index (Phi) is 4.56. The zero-order valence-electron chi connectivity index (χ0n) is 13.2. The van der Waals surface area contributed by atoms with Crippen LogP contribution < -0.4 is 10.9 Å². The van der Waals surface area contributed by atoms with E-state index in [4.69, 9.17) is 4.42 Å². The molecule has 1 N–H and O–H groups in total. The van der Waals surface area contributed by atoms with Crippen molar-refractivity contribution in [3.8, 4) is 11.5 Å². The summed E-state index contributed by atoms with van der Waals surface area (Å²) in [6, 6.07) is 14.3. The Labute approximate surface area is 138 Å². The summed E-state index contributed by atoms with van der Waals surface area (Å²) in [5.74, 6) is 0.266. The molecule has 2 heterocycles. The molecule has 0 bridgehead atoms. The Morgan fingerprint density at radius 3 is 2.71 bits per heavy atom. The van der Waals surface area contributed by atoms with Crippen LogP contribution in [0.15, 0.2) is 70.3 Å². The third kappa shape index (κ3) is 3.60. The van der Waals surface area contributed by atoms with Gasteiger partial charge in [-0.25, -0.2) is 4.98 Å². The molecule has 3 aromatic rings. The molecule has 122 valence electrons. The average molecular weight is 323 g/mol. The predicted molar refractivity (Wildman–Crippen MR) is 89.2 cm³/mol. The van der Waals surface area contributed by atoms with E-state index in [0.717, 1.165) is 5.56 Å². The molecular formula is C18H17N3O3. The lowest BCUT2D eigenvalue weighted by molar-refractivity contribution is -0.122. The van der Waals surface area contributed by atoms with Gasteiger partial charge in [-0.2, -0.15) is 0 Å². The third-order valence-electron chi connectivity index (χ3n) is 3.64. The topological polar surface area (TPSA) is 77.1 Å². The SMILES string of the molecule is CC(NC(=O)Cn1cnc(-c2ccco2)cc1=O)c1ccccc1. The van der Waals surface area contributed by atoms with Crippen LogP contribution in [0.5, 0.6) is 0 Å². The van der Waals surface area contributed by atoms with Crippen molar-refractivity contribution in [3.05, 3.63) is 77.0 Å². The van der Waals surface area contributed by atoms with Crippen LogP contribution >= 0.6 is 0 Å². The number of amides is 1. The minimum absolute atomic E-state index is 0.0819. The van der Waals surface area contributed by atoms with E-state index in [9.17, 15) is 9.59 Å². The van der Waals surface area contributed by atoms with Gasteiger partial charge in [0.2, 0.25) is 5.91 Å². The molecule has 0 saturated carbocycles. The first-order valence-corrected chi connectivity index (χ1v) is 7.58. The highest BCUT2D eigenvalue weighted by molar-refractivity contribution is 5.76. The first-order valence-electron chi connectivity index (χ1n) is 7.58. The monoisotopic (exact) mass is 323 g/mol. The Balaban J connectivity index is 1.67. The number of aromatic nitrogens is 2. The van der Waals surface area contributed by atoms with Crippen molar-refractivity contribution in [2.75, 3.05) is 0 Å². The maximum Gasteiger partial charge on any atom is 0.254 e. The van der Waals surface area contributed by atoms with E-state index in [1.54, 1.807) is 12.1 Å². The number of benzene rings is 1. The summed E-state index contributed by atoms with van der Waals surface area (Å²) in [6.45, 7) is 1.82. The summed E-state index contributed by atoms with van der Waals surface area (Å²) >= 11 is 0. The zero-order valence-corrected chi connectivity index (χ0v) is 13.2. The van der Waals surface area contributed by atoms with Gasteiger partial charge in [0.25, 0.3) is 5.56 Å². The van der Waals surface area contributed by atoms with Gasteiger partial charge in [-0.3, -0.25) is 14.2 Å². The van der Waals surface area contributed by atoms with Crippen LogP contribution in [0.25, 0.3) is 11.5 Å². The molecule has 1 unspecified atom stereocenters. The molecule has 1 amide bonds. The number of hydrogen-bond donors (Lipinski definition) is 1. The molecule has 0 fully saturated rings. The quantitative estimate of drug-likeness (QED) is 0.782. The van der Waals surface area contributed by atoms with Gasteiger partial charge in [-0.1, -0.05) is 30.3 Å². The smallest absolute Gasteiger partial charge is 0.254 e. The second-order valence-electron chi connectivity index (χ2n) is 5.42. The fourth-order valence-corrected chi connectivity index (χ4v) is 2.37. The Morgan fingerprint density at radius 2 is 2.04 bits per heavy atom. The predicted octanol–water partition coefficient (Wildman–Crippen LogP) is 2.38. The summed E-state index contributed by atoms with van der Waals surface area (Å²) in [7, 11) is 0. The summed E-state index contributed by atoms with van der Waals surface area (Å²) < 4.78 is 6.47. The van der Waals surface area contributed by atoms with Crippen molar-refractivity contribution >= 4 is 5.91 Å². The highest BCUT2D eigenvalue weighted by Gasteiger charge is 2.11. The molecule has 0 aliphatic rings. The Hall–Kier alpha value is -3.15. The molecule has 1 aromatic carbocycles. The van der Waals surface area contributed by atoms with E-state index in [0.29, 0.717) is 11.5 Å². The Bertz CT molecular complexity index is 870. The standard InChI is InChI=1S/C18H17N3O3/c1-13(14-6-3-2-4-7-14)20-17(22)11-21-12-19-15(10-18(21)23)16-8-5-9-24-16/h2-10,12-13H,11H2,1H3,(H,20,22). The minimum atomic E-state index is -0.307. The van der Waals surface area contributed by atoms with Crippen LogP contribution in [0.1, 0.15) is 18.5 Å². The van der Waals surface area contributed by atoms with Gasteiger partial charge in [0.15, 0.2) is 5.76 Å². The van der Waals surface area contributed by atoms with Gasteiger partial charge >= 0.3 is 0 Å². The fourth-order valence-electron chi connectivity index (χ4n) is 2.37. The van der Waals surface area contributed by atoms with Gasteiger partial charge in [0, 0.05) is 6.07 Å². The fraction of sp³-hybridized carbons (Fsp3) is 0.167. The van der Waals surface area contributed by atoms with E-state index < -0.39 is 0 Å². The number of nitrogens with zero attached hydrogens (tertiary/aromatic N) is 2. The van der Waals surface area contributed by atoms with E-state index in [-0.39, 0.29) is 24.1 Å². The van der Waals surface area contributed by atoms with Gasteiger partial charge in [0.1, 0.15) is 12.2 Å². The van der Waals surface area contributed by atoms with Crippen LogP contribution in [0.4, 0.5) is 0 Å². The largest absolute Gasteiger partial charge is 0.463 e. The number of nitrogens with one attached hydrogen (secondary N) is 1. The van der Waals surface area contributed by atoms with E-state index in [2.05, 4.69) is 10.3 Å². The molecule has 2 aromatic heterocycles. The molecular weight excluding hydrogens is 306 g/mol. The molecule has 6 heteroatoms. The summed E-state index contributed by atoms with van der Waals surface area (Å²) in [5, 5.41) is 2.87. The van der Waals surface area contributed by atoms with Crippen LogP contribution in [0, 0.1) is 0 Å². The van der Waals surface area contributed by atoms with E-state index >= 15 is 0 Å². The number of furan rings is 1. The van der Waals surface area contributed by atoms with E-state index in [1.807, 2.05) is 37.3 Å². The summed E-state index contributed by atoms with van der Waals surface area (Å²) in [6.07, 6.45) is 2.87. The van der Waals surface area contributed by atoms with Crippen molar-refractivity contribution in [2.24, 2.45) is 0 Å². The van der Waals surface area contributed by atoms with Crippen LogP contribution in [0.3, 0.4) is 0 Å². The molecule has 0 aliphatic heterocycles.